The average molecular weight is 240 g/mol. The van der Waals surface area contributed by atoms with Crippen LogP contribution in [0.25, 0.3) is 0 Å². The second kappa shape index (κ2) is 5.89. The van der Waals surface area contributed by atoms with Gasteiger partial charge in [-0.15, -0.1) is 0 Å². The Kier molecular flexibility index (Phi) is 4.78. The number of rotatable bonds is 3. The highest BCUT2D eigenvalue weighted by atomic mass is 16.2. The largest absolute Gasteiger partial charge is 0.387 e. The van der Waals surface area contributed by atoms with Crippen LogP contribution in [0.4, 0.5) is 4.79 Å². The van der Waals surface area contributed by atoms with E-state index in [-0.39, 0.29) is 17.8 Å². The number of urea groups is 1. The summed E-state index contributed by atoms with van der Waals surface area (Å²) in [5.74, 6) is 0.782. The van der Waals surface area contributed by atoms with Gasteiger partial charge in [0.05, 0.1) is 5.84 Å². The fourth-order valence-corrected chi connectivity index (χ4v) is 2.03. The van der Waals surface area contributed by atoms with Gasteiger partial charge in [-0.2, -0.15) is 0 Å². The second-order valence-electron chi connectivity index (χ2n) is 5.19. The summed E-state index contributed by atoms with van der Waals surface area (Å²) < 4.78 is 0. The second-order valence-corrected chi connectivity index (χ2v) is 5.19. The van der Waals surface area contributed by atoms with E-state index in [2.05, 4.69) is 6.92 Å². The number of piperidine rings is 1. The van der Waals surface area contributed by atoms with Gasteiger partial charge in [0.1, 0.15) is 0 Å². The van der Waals surface area contributed by atoms with E-state index < -0.39 is 0 Å². The number of carbonyl (C=O) groups excluding carboxylic acids is 1. The number of amides is 2. The number of nitrogens with two attached hydrogens (primary N) is 1. The number of nitrogens with zero attached hydrogens (tertiary/aromatic N) is 2. The van der Waals surface area contributed by atoms with E-state index in [0.717, 1.165) is 31.8 Å². The molecule has 1 saturated heterocycles. The molecule has 1 unspecified atom stereocenters. The first-order valence-electron chi connectivity index (χ1n) is 6.25. The number of hydrogen-bond acceptors (Lipinski definition) is 2. The van der Waals surface area contributed by atoms with Crippen molar-refractivity contribution in [2.45, 2.75) is 26.7 Å². The van der Waals surface area contributed by atoms with Gasteiger partial charge in [-0.1, -0.05) is 13.8 Å². The molecule has 0 aromatic heterocycles. The fraction of sp³-hybridized carbons (Fsp3) is 0.833. The Morgan fingerprint density at radius 1 is 1.53 bits per heavy atom. The van der Waals surface area contributed by atoms with E-state index in [9.17, 15) is 4.79 Å². The van der Waals surface area contributed by atoms with Crippen LogP contribution in [0.3, 0.4) is 0 Å². The summed E-state index contributed by atoms with van der Waals surface area (Å²) in [6, 6.07) is 0.0602. The molecule has 1 fully saturated rings. The molecule has 0 aliphatic carbocycles. The highest BCUT2D eigenvalue weighted by Gasteiger charge is 2.23. The third-order valence-electron chi connectivity index (χ3n) is 3.46. The molecule has 5 nitrogen and oxygen atoms in total. The molecule has 1 aliphatic rings. The molecule has 2 amide bonds. The van der Waals surface area contributed by atoms with E-state index in [1.165, 1.54) is 0 Å². The van der Waals surface area contributed by atoms with Gasteiger partial charge in [-0.05, 0) is 18.8 Å². The smallest absolute Gasteiger partial charge is 0.319 e. The fourth-order valence-electron chi connectivity index (χ4n) is 2.03. The van der Waals surface area contributed by atoms with Gasteiger partial charge in [0.2, 0.25) is 0 Å². The van der Waals surface area contributed by atoms with E-state index in [0.29, 0.717) is 6.54 Å². The maximum absolute atomic E-state index is 12.1. The minimum absolute atomic E-state index is 0.0602. The number of likely N-dealkylation sites (tertiary alicyclic amines) is 1. The SMILES string of the molecule is CC1CCN(C(=O)N(C)CC(C)C(=N)N)CC1. The molecule has 1 atom stereocenters. The maximum Gasteiger partial charge on any atom is 0.319 e. The Labute approximate surface area is 103 Å². The number of amidine groups is 1. The Balaban J connectivity index is 2.43. The topological polar surface area (TPSA) is 73.4 Å². The lowest BCUT2D eigenvalue weighted by Crippen LogP contribution is -2.47. The van der Waals surface area contributed by atoms with Gasteiger partial charge in [-0.25, -0.2) is 4.79 Å². The Morgan fingerprint density at radius 3 is 2.53 bits per heavy atom. The molecular formula is C12H24N4O. The van der Waals surface area contributed by atoms with Gasteiger partial charge in [0, 0.05) is 32.6 Å². The molecule has 3 N–H and O–H groups in total. The summed E-state index contributed by atoms with van der Waals surface area (Å²) in [7, 11) is 1.78. The molecule has 1 heterocycles. The molecule has 0 saturated carbocycles. The predicted molar refractivity (Wildman–Crippen MR) is 69.1 cm³/mol. The Morgan fingerprint density at radius 2 is 2.06 bits per heavy atom. The van der Waals surface area contributed by atoms with Gasteiger partial charge in [0.15, 0.2) is 0 Å². The lowest BCUT2D eigenvalue weighted by atomic mass is 9.99. The van der Waals surface area contributed by atoms with E-state index >= 15 is 0 Å². The highest BCUT2D eigenvalue weighted by Crippen LogP contribution is 2.17. The van der Waals surface area contributed by atoms with E-state index in [1.807, 2.05) is 11.8 Å². The molecule has 0 radical (unpaired) electrons. The molecule has 1 aliphatic heterocycles. The zero-order valence-electron chi connectivity index (χ0n) is 11.1. The molecule has 0 bridgehead atoms. The number of carbonyl (C=O) groups is 1. The highest BCUT2D eigenvalue weighted by molar-refractivity contribution is 5.80. The molecule has 17 heavy (non-hydrogen) atoms. The number of nitrogens with one attached hydrogen (secondary N) is 1. The van der Waals surface area contributed by atoms with Crippen molar-refractivity contribution in [1.82, 2.24) is 9.80 Å². The van der Waals surface area contributed by atoms with Crippen LogP contribution in [-0.4, -0.2) is 48.3 Å². The first-order chi connectivity index (χ1) is 7.91. The third-order valence-corrected chi connectivity index (χ3v) is 3.46. The van der Waals surface area contributed by atoms with Crippen molar-refractivity contribution >= 4 is 11.9 Å². The summed E-state index contributed by atoms with van der Waals surface area (Å²) in [5, 5.41) is 7.33. The van der Waals surface area contributed by atoms with Crippen LogP contribution in [-0.2, 0) is 0 Å². The van der Waals surface area contributed by atoms with Crippen LogP contribution in [0, 0.1) is 17.2 Å². The quantitative estimate of drug-likeness (QED) is 0.577. The normalized spacial score (nSPS) is 18.9. The standard InChI is InChI=1S/C12H24N4O/c1-9-4-6-16(7-5-9)12(17)15(3)8-10(2)11(13)14/h9-10H,4-8H2,1-3H3,(H3,13,14). The van der Waals surface area contributed by atoms with Crippen LogP contribution in [0.1, 0.15) is 26.7 Å². The van der Waals surface area contributed by atoms with Gasteiger partial charge < -0.3 is 15.5 Å². The lowest BCUT2D eigenvalue weighted by molar-refractivity contribution is 0.141. The van der Waals surface area contributed by atoms with Crippen LogP contribution in [0.5, 0.6) is 0 Å². The summed E-state index contributed by atoms with van der Waals surface area (Å²) in [6.07, 6.45) is 2.17. The van der Waals surface area contributed by atoms with Gasteiger partial charge in [0.25, 0.3) is 0 Å². The molecule has 0 spiro atoms. The molecule has 1 rings (SSSR count). The van der Waals surface area contributed by atoms with Crippen molar-refractivity contribution < 1.29 is 4.79 Å². The van der Waals surface area contributed by atoms with Crippen molar-refractivity contribution in [3.63, 3.8) is 0 Å². The summed E-state index contributed by atoms with van der Waals surface area (Å²) in [5.41, 5.74) is 5.41. The van der Waals surface area contributed by atoms with Crippen LogP contribution >= 0.6 is 0 Å². The zero-order chi connectivity index (χ0) is 13.0. The summed E-state index contributed by atoms with van der Waals surface area (Å²) >= 11 is 0. The molecule has 0 aromatic carbocycles. The van der Waals surface area contributed by atoms with Crippen molar-refractivity contribution in [2.75, 3.05) is 26.7 Å². The molecule has 5 heteroatoms. The van der Waals surface area contributed by atoms with Crippen LogP contribution in [0.2, 0.25) is 0 Å². The molecule has 0 aromatic rings. The summed E-state index contributed by atoms with van der Waals surface area (Å²) in [4.78, 5) is 15.7. The molecular weight excluding hydrogens is 216 g/mol. The monoisotopic (exact) mass is 240 g/mol. The average Bonchev–Trinajstić information content (AvgIpc) is 2.28. The Bertz CT molecular complexity index is 284. The molecule has 98 valence electrons. The van der Waals surface area contributed by atoms with E-state index in [4.69, 9.17) is 11.1 Å². The zero-order valence-corrected chi connectivity index (χ0v) is 11.1. The van der Waals surface area contributed by atoms with Gasteiger partial charge in [-0.3, -0.25) is 5.41 Å². The van der Waals surface area contributed by atoms with Gasteiger partial charge >= 0.3 is 6.03 Å². The van der Waals surface area contributed by atoms with Crippen molar-refractivity contribution in [2.24, 2.45) is 17.6 Å². The minimum Gasteiger partial charge on any atom is -0.387 e. The van der Waals surface area contributed by atoms with Crippen molar-refractivity contribution in [3.05, 3.63) is 0 Å². The minimum atomic E-state index is -0.0762. The third kappa shape index (κ3) is 3.91. The lowest BCUT2D eigenvalue weighted by Gasteiger charge is -2.34. The van der Waals surface area contributed by atoms with Crippen molar-refractivity contribution in [1.29, 1.82) is 5.41 Å². The number of hydrogen-bond donors (Lipinski definition) is 2. The van der Waals surface area contributed by atoms with Crippen LogP contribution < -0.4 is 5.73 Å². The maximum atomic E-state index is 12.1. The van der Waals surface area contributed by atoms with Crippen molar-refractivity contribution in [3.8, 4) is 0 Å². The first-order valence-corrected chi connectivity index (χ1v) is 6.25. The van der Waals surface area contributed by atoms with E-state index in [1.54, 1.807) is 11.9 Å². The Hall–Kier alpha value is -1.26. The predicted octanol–water partition coefficient (Wildman–Crippen LogP) is 1.34. The first kappa shape index (κ1) is 13.8. The van der Waals surface area contributed by atoms with Crippen LogP contribution in [0.15, 0.2) is 0 Å². The summed E-state index contributed by atoms with van der Waals surface area (Å²) in [6.45, 7) is 6.30.